The number of nitrogens with zero attached hydrogens (tertiary/aromatic N) is 4. The summed E-state index contributed by atoms with van der Waals surface area (Å²) < 4.78 is 2.51. The van der Waals surface area contributed by atoms with Crippen LogP contribution in [0.5, 0.6) is 0 Å². The lowest BCUT2D eigenvalue weighted by Crippen LogP contribution is -2.00. The van der Waals surface area contributed by atoms with Gasteiger partial charge in [0.2, 0.25) is 0 Å². The zero-order valence-electron chi connectivity index (χ0n) is 36.5. The SMILES string of the molecule is c1ccc(-c2cc(-c3ccccc3)c3c(c2)c2cc(-c4ccccc4)cc(-c4ccccc4)c2n3-c2cccc(-c3cccc(-c4nc(-c5ccccc5)nc(-c5ccccc5)n4)c3)c2)cc1. The molecule has 0 amide bonds. The Balaban J connectivity index is 1.11. The Hall–Kier alpha value is -8.99. The van der Waals surface area contributed by atoms with E-state index < -0.39 is 0 Å². The van der Waals surface area contributed by atoms with Crippen molar-refractivity contribution in [3.8, 4) is 95.5 Å². The molecular formula is C63H42N4. The zero-order chi connectivity index (χ0) is 44.5. The van der Waals surface area contributed by atoms with Gasteiger partial charge in [-0.3, -0.25) is 0 Å². The minimum Gasteiger partial charge on any atom is -0.308 e. The Morgan fingerprint density at radius 3 is 0.985 bits per heavy atom. The van der Waals surface area contributed by atoms with Crippen molar-refractivity contribution in [2.24, 2.45) is 0 Å². The Labute approximate surface area is 389 Å². The van der Waals surface area contributed by atoms with Crippen LogP contribution in [-0.4, -0.2) is 19.5 Å². The van der Waals surface area contributed by atoms with Gasteiger partial charge in [0.15, 0.2) is 17.5 Å². The van der Waals surface area contributed by atoms with E-state index in [9.17, 15) is 0 Å². The molecule has 0 spiro atoms. The number of hydrogen-bond acceptors (Lipinski definition) is 3. The Bertz CT molecular complexity index is 3500. The number of aromatic nitrogens is 4. The fourth-order valence-corrected chi connectivity index (χ4v) is 9.40. The van der Waals surface area contributed by atoms with Gasteiger partial charge in [0.05, 0.1) is 11.0 Å². The maximum Gasteiger partial charge on any atom is 0.164 e. The van der Waals surface area contributed by atoms with E-state index in [1.807, 2.05) is 60.7 Å². The maximum atomic E-state index is 5.07. The first-order valence-corrected chi connectivity index (χ1v) is 22.7. The van der Waals surface area contributed by atoms with Gasteiger partial charge >= 0.3 is 0 Å². The second kappa shape index (κ2) is 17.2. The topological polar surface area (TPSA) is 43.6 Å². The average Bonchev–Trinajstić information content (AvgIpc) is 3.76. The molecule has 4 heteroatoms. The molecule has 0 saturated heterocycles. The highest BCUT2D eigenvalue weighted by atomic mass is 15.0. The highest BCUT2D eigenvalue weighted by Crippen LogP contribution is 2.46. The molecule has 0 saturated carbocycles. The molecule has 4 nitrogen and oxygen atoms in total. The number of fused-ring (bicyclic) bond motifs is 3. The molecule has 0 aliphatic carbocycles. The van der Waals surface area contributed by atoms with Crippen LogP contribution in [0.25, 0.3) is 117 Å². The van der Waals surface area contributed by atoms with Crippen molar-refractivity contribution in [2.75, 3.05) is 0 Å². The summed E-state index contributed by atoms with van der Waals surface area (Å²) in [5.41, 5.74) is 17.7. The summed E-state index contributed by atoms with van der Waals surface area (Å²) in [5.74, 6) is 1.89. The van der Waals surface area contributed by atoms with E-state index in [2.05, 4.69) is 199 Å². The van der Waals surface area contributed by atoms with Crippen molar-refractivity contribution in [3.05, 3.63) is 255 Å². The molecule has 314 valence electrons. The normalized spacial score (nSPS) is 11.3. The fourth-order valence-electron chi connectivity index (χ4n) is 9.40. The van der Waals surface area contributed by atoms with Crippen LogP contribution in [0.2, 0.25) is 0 Å². The van der Waals surface area contributed by atoms with E-state index in [4.69, 9.17) is 15.0 Å². The van der Waals surface area contributed by atoms with Gasteiger partial charge in [-0.25, -0.2) is 15.0 Å². The quantitative estimate of drug-likeness (QED) is 0.145. The van der Waals surface area contributed by atoms with Gasteiger partial charge in [0.25, 0.3) is 0 Å². The lowest BCUT2D eigenvalue weighted by atomic mass is 9.93. The summed E-state index contributed by atoms with van der Waals surface area (Å²) >= 11 is 0. The third kappa shape index (κ3) is 7.57. The lowest BCUT2D eigenvalue weighted by Gasteiger charge is -2.17. The molecule has 2 heterocycles. The van der Waals surface area contributed by atoms with Crippen LogP contribution in [0.15, 0.2) is 255 Å². The molecule has 12 aromatic rings. The minimum atomic E-state index is 0.622. The summed E-state index contributed by atoms with van der Waals surface area (Å²) in [7, 11) is 0. The third-order valence-corrected chi connectivity index (χ3v) is 12.6. The van der Waals surface area contributed by atoms with Crippen molar-refractivity contribution < 1.29 is 0 Å². The lowest BCUT2D eigenvalue weighted by molar-refractivity contribution is 1.07. The fraction of sp³-hybridized carbons (Fsp3) is 0. The first-order chi connectivity index (χ1) is 33.2. The second-order valence-electron chi connectivity index (χ2n) is 16.8. The predicted molar refractivity (Wildman–Crippen MR) is 278 cm³/mol. The summed E-state index contributed by atoms with van der Waals surface area (Å²) in [4.78, 5) is 15.1. The smallest absolute Gasteiger partial charge is 0.164 e. The van der Waals surface area contributed by atoms with Crippen LogP contribution in [0, 0.1) is 0 Å². The van der Waals surface area contributed by atoms with Gasteiger partial charge in [0, 0.05) is 44.3 Å². The molecule has 2 aromatic heterocycles. The molecule has 0 aliphatic rings. The third-order valence-electron chi connectivity index (χ3n) is 12.6. The largest absolute Gasteiger partial charge is 0.308 e. The van der Waals surface area contributed by atoms with Crippen LogP contribution in [0.4, 0.5) is 0 Å². The molecule has 0 unspecified atom stereocenters. The molecular weight excluding hydrogens is 813 g/mol. The summed E-state index contributed by atoms with van der Waals surface area (Å²) in [6, 6.07) is 90.5. The second-order valence-corrected chi connectivity index (χ2v) is 16.8. The molecule has 0 atom stereocenters. The van der Waals surface area contributed by atoms with Crippen molar-refractivity contribution in [1.29, 1.82) is 0 Å². The van der Waals surface area contributed by atoms with E-state index in [-0.39, 0.29) is 0 Å². The van der Waals surface area contributed by atoms with Gasteiger partial charge < -0.3 is 4.57 Å². The van der Waals surface area contributed by atoms with Gasteiger partial charge in [-0.1, -0.05) is 212 Å². The van der Waals surface area contributed by atoms with Crippen molar-refractivity contribution in [2.45, 2.75) is 0 Å². The van der Waals surface area contributed by atoms with Crippen LogP contribution in [0.3, 0.4) is 0 Å². The predicted octanol–water partition coefficient (Wildman–Crippen LogP) is 16.3. The zero-order valence-corrected chi connectivity index (χ0v) is 36.5. The van der Waals surface area contributed by atoms with Crippen molar-refractivity contribution >= 4 is 21.8 Å². The van der Waals surface area contributed by atoms with Crippen LogP contribution in [-0.2, 0) is 0 Å². The molecule has 12 rings (SSSR count). The van der Waals surface area contributed by atoms with E-state index in [0.29, 0.717) is 17.5 Å². The van der Waals surface area contributed by atoms with Crippen molar-refractivity contribution in [3.63, 3.8) is 0 Å². The van der Waals surface area contributed by atoms with Gasteiger partial charge in [-0.2, -0.15) is 0 Å². The molecule has 67 heavy (non-hydrogen) atoms. The summed E-state index contributed by atoms with van der Waals surface area (Å²) in [6.07, 6.45) is 0. The monoisotopic (exact) mass is 854 g/mol. The first-order valence-electron chi connectivity index (χ1n) is 22.7. The number of rotatable bonds is 9. The maximum absolute atomic E-state index is 5.07. The number of hydrogen-bond donors (Lipinski definition) is 0. The standard InChI is InChI=1S/C63H42N4/c1-7-21-43(22-8-1)52-39-55(45-25-11-3-12-26-45)59-57(41-52)58-42-53(44-23-9-2-10-24-44)40-56(46-27-13-4-14-28-46)60(58)67(59)54-36-20-34-50(38-54)49-33-19-35-51(37-49)63-65-61(47-29-15-5-16-30-47)64-62(66-63)48-31-17-6-18-32-48/h1-42H. The molecule has 0 fully saturated rings. The summed E-state index contributed by atoms with van der Waals surface area (Å²) in [6.45, 7) is 0. The van der Waals surface area contributed by atoms with E-state index in [1.54, 1.807) is 0 Å². The van der Waals surface area contributed by atoms with Gasteiger partial charge in [-0.05, 0) is 87.0 Å². The van der Waals surface area contributed by atoms with Gasteiger partial charge in [0.1, 0.15) is 0 Å². The van der Waals surface area contributed by atoms with Gasteiger partial charge in [-0.15, -0.1) is 0 Å². The van der Waals surface area contributed by atoms with Crippen LogP contribution >= 0.6 is 0 Å². The average molecular weight is 855 g/mol. The van der Waals surface area contributed by atoms with E-state index >= 15 is 0 Å². The highest BCUT2D eigenvalue weighted by Gasteiger charge is 2.23. The number of benzene rings is 10. The summed E-state index contributed by atoms with van der Waals surface area (Å²) in [5, 5.41) is 2.38. The molecule has 0 radical (unpaired) electrons. The van der Waals surface area contributed by atoms with Crippen LogP contribution < -0.4 is 0 Å². The Kier molecular flexibility index (Phi) is 10.2. The highest BCUT2D eigenvalue weighted by molar-refractivity contribution is 6.19. The molecule has 10 aromatic carbocycles. The minimum absolute atomic E-state index is 0.622. The van der Waals surface area contributed by atoms with Crippen LogP contribution in [0.1, 0.15) is 0 Å². The van der Waals surface area contributed by atoms with E-state index in [0.717, 1.165) is 55.7 Å². The molecule has 0 bridgehead atoms. The van der Waals surface area contributed by atoms with Crippen molar-refractivity contribution in [1.82, 2.24) is 19.5 Å². The Morgan fingerprint density at radius 1 is 0.224 bits per heavy atom. The first kappa shape index (κ1) is 39.6. The van der Waals surface area contributed by atoms with E-state index in [1.165, 1.54) is 44.2 Å². The Morgan fingerprint density at radius 2 is 0.552 bits per heavy atom. The molecule has 0 N–H and O–H groups in total. The molecule has 0 aliphatic heterocycles.